The largest absolute Gasteiger partial charge is 0.456 e. The molecule has 4 heterocycles. The average Bonchev–Trinajstić information content (AvgIpc) is 3.74. The molecule has 10 rings (SSSR count). The molecular weight excluding hydrogens is 615 g/mol. The number of pyridine rings is 1. The van der Waals surface area contributed by atoms with E-state index in [1.54, 1.807) is 0 Å². The molecule has 0 bridgehead atoms. The number of rotatable bonds is 5. The zero-order valence-electron chi connectivity index (χ0n) is 26.7. The Kier molecular flexibility index (Phi) is 6.39. The number of furan rings is 1. The van der Waals surface area contributed by atoms with Gasteiger partial charge in [-0.3, -0.25) is 4.98 Å². The van der Waals surface area contributed by atoms with Crippen molar-refractivity contribution in [2.75, 3.05) is 0 Å². The number of benzene rings is 6. The second-order valence-electron chi connectivity index (χ2n) is 12.3. The van der Waals surface area contributed by atoms with Gasteiger partial charge in [-0.2, -0.15) is 0 Å². The van der Waals surface area contributed by atoms with Gasteiger partial charge in [0, 0.05) is 50.9 Å². The summed E-state index contributed by atoms with van der Waals surface area (Å²) < 4.78 is 9.16. The van der Waals surface area contributed by atoms with Crippen molar-refractivity contribution in [1.82, 2.24) is 24.5 Å². The van der Waals surface area contributed by atoms with Crippen molar-refractivity contribution >= 4 is 43.7 Å². The average molecular weight is 642 g/mol. The van der Waals surface area contributed by atoms with Crippen molar-refractivity contribution in [1.29, 1.82) is 0 Å². The molecule has 0 unspecified atom stereocenters. The van der Waals surface area contributed by atoms with E-state index in [1.165, 1.54) is 10.8 Å². The van der Waals surface area contributed by atoms with Crippen LogP contribution in [0, 0.1) is 0 Å². The van der Waals surface area contributed by atoms with Crippen LogP contribution in [0.5, 0.6) is 0 Å². The molecule has 0 N–H and O–H groups in total. The van der Waals surface area contributed by atoms with Gasteiger partial charge >= 0.3 is 0 Å². The van der Waals surface area contributed by atoms with Crippen LogP contribution in [0.1, 0.15) is 0 Å². The molecule has 0 amide bonds. The molecule has 6 aromatic carbocycles. The second kappa shape index (κ2) is 11.4. The molecule has 234 valence electrons. The lowest BCUT2D eigenvalue weighted by molar-refractivity contribution is 0.669. The van der Waals surface area contributed by atoms with E-state index in [4.69, 9.17) is 19.4 Å². The molecule has 0 spiro atoms. The molecule has 0 saturated heterocycles. The third-order valence-electron chi connectivity index (χ3n) is 9.33. The number of fused-ring (bicyclic) bond motifs is 7. The zero-order chi connectivity index (χ0) is 33.0. The maximum atomic E-state index is 6.80. The first-order chi connectivity index (χ1) is 24.8. The highest BCUT2D eigenvalue weighted by Gasteiger charge is 2.23. The van der Waals surface area contributed by atoms with Crippen LogP contribution in [0.2, 0.25) is 0 Å². The van der Waals surface area contributed by atoms with E-state index >= 15 is 0 Å². The number of hydrogen-bond donors (Lipinski definition) is 0. The molecule has 0 atom stereocenters. The number of aromatic nitrogens is 5. The second-order valence-corrected chi connectivity index (χ2v) is 12.3. The van der Waals surface area contributed by atoms with Crippen molar-refractivity contribution in [3.8, 4) is 51.0 Å². The minimum absolute atomic E-state index is 0.568. The highest BCUT2D eigenvalue weighted by Crippen LogP contribution is 2.45. The summed E-state index contributed by atoms with van der Waals surface area (Å²) in [5.41, 5.74) is 9.62. The smallest absolute Gasteiger partial charge is 0.164 e. The highest BCUT2D eigenvalue weighted by atomic mass is 16.3. The summed E-state index contributed by atoms with van der Waals surface area (Å²) in [6.45, 7) is 0. The molecule has 10 aromatic rings. The molecule has 50 heavy (non-hydrogen) atoms. The van der Waals surface area contributed by atoms with Gasteiger partial charge in [0.05, 0.1) is 16.4 Å². The Bertz CT molecular complexity index is 2790. The Hall–Kier alpha value is -6.92. The Morgan fingerprint density at radius 3 is 1.72 bits per heavy atom. The Labute approximate surface area is 287 Å². The minimum atomic E-state index is 0.568. The summed E-state index contributed by atoms with van der Waals surface area (Å²) in [4.78, 5) is 19.4. The maximum Gasteiger partial charge on any atom is 0.164 e. The zero-order valence-corrected chi connectivity index (χ0v) is 26.7. The monoisotopic (exact) mass is 641 g/mol. The van der Waals surface area contributed by atoms with Crippen LogP contribution < -0.4 is 0 Å². The lowest BCUT2D eigenvalue weighted by Crippen LogP contribution is -2.00. The molecule has 0 aliphatic carbocycles. The van der Waals surface area contributed by atoms with Crippen molar-refractivity contribution in [3.05, 3.63) is 164 Å². The first kappa shape index (κ1) is 28.1. The summed E-state index contributed by atoms with van der Waals surface area (Å²) in [6, 6.07) is 51.8. The molecule has 0 saturated carbocycles. The van der Waals surface area contributed by atoms with E-state index in [0.29, 0.717) is 17.5 Å². The summed E-state index contributed by atoms with van der Waals surface area (Å²) in [5.74, 6) is 1.79. The predicted molar refractivity (Wildman–Crippen MR) is 201 cm³/mol. The van der Waals surface area contributed by atoms with E-state index in [0.717, 1.165) is 66.5 Å². The minimum Gasteiger partial charge on any atom is -0.456 e. The predicted octanol–water partition coefficient (Wildman–Crippen LogP) is 10.9. The van der Waals surface area contributed by atoms with Gasteiger partial charge in [0.15, 0.2) is 17.5 Å². The van der Waals surface area contributed by atoms with E-state index in [-0.39, 0.29) is 0 Å². The Morgan fingerprint density at radius 1 is 0.440 bits per heavy atom. The standard InChI is InChI=1S/C44H27N5O/c1-4-12-29(13-5-1)42-46-43(30-14-6-2-7-15-30)48-44(47-42)31-26-35(28-22-24-45-25-23-28)39-38(27-31)50-37-21-20-34-33-18-10-11-19-36(33)49(41(34)40(37)39)32-16-8-3-9-17-32/h1-27H. The number of nitrogens with zero attached hydrogens (tertiary/aromatic N) is 5. The fraction of sp³-hybridized carbons (Fsp3) is 0. The van der Waals surface area contributed by atoms with Crippen LogP contribution in [0.4, 0.5) is 0 Å². The summed E-state index contributed by atoms with van der Waals surface area (Å²) >= 11 is 0. The van der Waals surface area contributed by atoms with Gasteiger partial charge in [0.2, 0.25) is 0 Å². The fourth-order valence-electron chi connectivity index (χ4n) is 7.11. The van der Waals surface area contributed by atoms with Crippen molar-refractivity contribution in [2.24, 2.45) is 0 Å². The van der Waals surface area contributed by atoms with E-state index in [2.05, 4.69) is 88.4 Å². The topological polar surface area (TPSA) is 69.6 Å². The molecule has 0 fully saturated rings. The third kappa shape index (κ3) is 4.50. The SMILES string of the molecule is c1ccc(-c2nc(-c3ccccc3)nc(-c3cc(-c4ccncc4)c4c(c3)oc3ccc5c6ccccc6n(-c6ccccc6)c5c34)n2)cc1. The summed E-state index contributed by atoms with van der Waals surface area (Å²) in [7, 11) is 0. The van der Waals surface area contributed by atoms with Crippen LogP contribution in [-0.2, 0) is 0 Å². The molecular formula is C44H27N5O. The summed E-state index contributed by atoms with van der Waals surface area (Å²) in [6.07, 6.45) is 3.66. The Balaban J connectivity index is 1.31. The van der Waals surface area contributed by atoms with Gasteiger partial charge in [-0.05, 0) is 65.7 Å². The molecule has 0 radical (unpaired) electrons. The molecule has 4 aromatic heterocycles. The van der Waals surface area contributed by atoms with Gasteiger partial charge in [0.1, 0.15) is 11.2 Å². The van der Waals surface area contributed by atoms with Gasteiger partial charge in [-0.1, -0.05) is 97.1 Å². The van der Waals surface area contributed by atoms with Crippen molar-refractivity contribution < 1.29 is 4.42 Å². The van der Waals surface area contributed by atoms with Crippen LogP contribution >= 0.6 is 0 Å². The lowest BCUT2D eigenvalue weighted by Gasteiger charge is -2.11. The van der Waals surface area contributed by atoms with Crippen molar-refractivity contribution in [2.45, 2.75) is 0 Å². The van der Waals surface area contributed by atoms with Crippen molar-refractivity contribution in [3.63, 3.8) is 0 Å². The number of para-hydroxylation sites is 2. The van der Waals surface area contributed by atoms with E-state index in [1.807, 2.05) is 85.2 Å². The lowest BCUT2D eigenvalue weighted by atomic mass is 9.96. The van der Waals surface area contributed by atoms with Gasteiger partial charge in [0.25, 0.3) is 0 Å². The van der Waals surface area contributed by atoms with Crippen LogP contribution in [0.15, 0.2) is 168 Å². The molecule has 6 heteroatoms. The van der Waals surface area contributed by atoms with Crippen LogP contribution in [-0.4, -0.2) is 24.5 Å². The summed E-state index contributed by atoms with van der Waals surface area (Å²) in [5, 5.41) is 4.45. The maximum absolute atomic E-state index is 6.80. The van der Waals surface area contributed by atoms with Crippen LogP contribution in [0.3, 0.4) is 0 Å². The van der Waals surface area contributed by atoms with E-state index < -0.39 is 0 Å². The normalized spacial score (nSPS) is 11.6. The first-order valence-corrected chi connectivity index (χ1v) is 16.6. The van der Waals surface area contributed by atoms with Gasteiger partial charge < -0.3 is 8.98 Å². The Morgan fingerprint density at radius 2 is 1.04 bits per heavy atom. The third-order valence-corrected chi connectivity index (χ3v) is 9.33. The molecule has 6 nitrogen and oxygen atoms in total. The van der Waals surface area contributed by atoms with Gasteiger partial charge in [-0.15, -0.1) is 0 Å². The molecule has 0 aliphatic rings. The first-order valence-electron chi connectivity index (χ1n) is 16.6. The highest BCUT2D eigenvalue weighted by molar-refractivity contribution is 6.27. The fourth-order valence-corrected chi connectivity index (χ4v) is 7.11. The van der Waals surface area contributed by atoms with Gasteiger partial charge in [-0.25, -0.2) is 15.0 Å². The quantitative estimate of drug-likeness (QED) is 0.187. The van der Waals surface area contributed by atoms with Crippen LogP contribution in [0.25, 0.3) is 94.7 Å². The van der Waals surface area contributed by atoms with E-state index in [9.17, 15) is 0 Å². The molecule has 0 aliphatic heterocycles. The number of hydrogen-bond acceptors (Lipinski definition) is 5.